The summed E-state index contributed by atoms with van der Waals surface area (Å²) in [4.78, 5) is 28.9. The highest BCUT2D eigenvalue weighted by molar-refractivity contribution is 5.89. The van der Waals surface area contributed by atoms with Crippen LogP contribution in [-0.4, -0.2) is 28.8 Å². The molecule has 178 valence electrons. The zero-order valence-electron chi connectivity index (χ0n) is 21.0. The van der Waals surface area contributed by atoms with E-state index in [1.807, 2.05) is 75.4 Å². The average Bonchev–Trinajstić information content (AvgIpc) is 2.79. The first kappa shape index (κ1) is 25.2. The summed E-state index contributed by atoms with van der Waals surface area (Å²) in [5.41, 5.74) is 6.50. The number of hydrogen-bond acceptors (Lipinski definition) is 2. The van der Waals surface area contributed by atoms with Gasteiger partial charge in [-0.3, -0.25) is 9.59 Å². The van der Waals surface area contributed by atoms with Gasteiger partial charge in [0.05, 0.1) is 6.42 Å². The summed E-state index contributed by atoms with van der Waals surface area (Å²) in [6.07, 6.45) is 0.719. The molecule has 0 fully saturated rings. The van der Waals surface area contributed by atoms with Gasteiger partial charge < -0.3 is 10.2 Å². The Morgan fingerprint density at radius 1 is 0.794 bits per heavy atom. The monoisotopic (exact) mass is 456 g/mol. The van der Waals surface area contributed by atoms with Crippen LogP contribution in [0.2, 0.25) is 0 Å². The maximum atomic E-state index is 13.8. The van der Waals surface area contributed by atoms with Gasteiger partial charge in [-0.05, 0) is 62.4 Å². The Morgan fingerprint density at radius 3 is 2.15 bits per heavy atom. The number of hydrogen-bond donors (Lipinski definition) is 1. The first-order chi connectivity index (χ1) is 16.2. The second-order valence-corrected chi connectivity index (χ2v) is 9.47. The van der Waals surface area contributed by atoms with Crippen LogP contribution in [0.1, 0.15) is 47.2 Å². The Bertz CT molecular complexity index is 1120. The summed E-state index contributed by atoms with van der Waals surface area (Å²) >= 11 is 0. The van der Waals surface area contributed by atoms with Gasteiger partial charge in [0, 0.05) is 19.0 Å². The molecule has 0 aliphatic rings. The Kier molecular flexibility index (Phi) is 8.64. The molecular weight excluding hydrogens is 420 g/mol. The molecule has 0 saturated heterocycles. The van der Waals surface area contributed by atoms with E-state index >= 15 is 0 Å². The second-order valence-electron chi connectivity index (χ2n) is 9.47. The molecule has 3 rings (SSSR count). The highest BCUT2D eigenvalue weighted by atomic mass is 16.2. The summed E-state index contributed by atoms with van der Waals surface area (Å²) in [6.45, 7) is 10.4. The van der Waals surface area contributed by atoms with Crippen molar-refractivity contribution in [2.45, 2.75) is 66.1 Å². The molecule has 1 atom stereocenters. The molecule has 3 aromatic carbocycles. The topological polar surface area (TPSA) is 49.4 Å². The minimum absolute atomic E-state index is 0.0126. The predicted molar refractivity (Wildman–Crippen MR) is 139 cm³/mol. The minimum atomic E-state index is -0.607. The van der Waals surface area contributed by atoms with Crippen molar-refractivity contribution < 1.29 is 9.59 Å². The summed E-state index contributed by atoms with van der Waals surface area (Å²) in [6, 6.07) is 23.5. The molecule has 1 N–H and O–H groups in total. The zero-order chi connectivity index (χ0) is 24.7. The fourth-order valence-electron chi connectivity index (χ4n) is 4.13. The van der Waals surface area contributed by atoms with Gasteiger partial charge >= 0.3 is 0 Å². The fourth-order valence-corrected chi connectivity index (χ4v) is 4.13. The maximum Gasteiger partial charge on any atom is 0.243 e. The van der Waals surface area contributed by atoms with Gasteiger partial charge in [0.15, 0.2) is 0 Å². The van der Waals surface area contributed by atoms with Crippen LogP contribution >= 0.6 is 0 Å². The first-order valence-corrected chi connectivity index (χ1v) is 12.0. The summed E-state index contributed by atoms with van der Waals surface area (Å²) in [5.74, 6) is -0.176. The van der Waals surface area contributed by atoms with Crippen molar-refractivity contribution >= 4 is 11.8 Å². The SMILES string of the molecule is Cc1cccc(CN(C(=O)Cc2ccc(C)c(C)c2)[C@H](Cc2ccccc2)C(=O)NC(C)C)c1. The van der Waals surface area contributed by atoms with E-state index in [1.54, 1.807) is 4.90 Å². The molecule has 3 aromatic rings. The highest BCUT2D eigenvalue weighted by Crippen LogP contribution is 2.18. The van der Waals surface area contributed by atoms with Crippen LogP contribution in [0, 0.1) is 20.8 Å². The molecule has 34 heavy (non-hydrogen) atoms. The van der Waals surface area contributed by atoms with Gasteiger partial charge in [0.2, 0.25) is 11.8 Å². The molecule has 0 heterocycles. The molecule has 2 amide bonds. The maximum absolute atomic E-state index is 13.8. The summed E-state index contributed by atoms with van der Waals surface area (Å²) in [7, 11) is 0. The number of carbonyl (C=O) groups is 2. The van der Waals surface area contributed by atoms with Crippen molar-refractivity contribution in [2.75, 3.05) is 0 Å². The smallest absolute Gasteiger partial charge is 0.243 e. The van der Waals surface area contributed by atoms with E-state index in [2.05, 4.69) is 37.4 Å². The summed E-state index contributed by atoms with van der Waals surface area (Å²) in [5, 5.41) is 3.04. The van der Waals surface area contributed by atoms with E-state index in [0.717, 1.165) is 27.8 Å². The fraction of sp³-hybridized carbons (Fsp3) is 0.333. The van der Waals surface area contributed by atoms with Crippen LogP contribution < -0.4 is 5.32 Å². The molecule has 0 aromatic heterocycles. The van der Waals surface area contributed by atoms with Crippen LogP contribution in [0.25, 0.3) is 0 Å². The number of rotatable bonds is 9. The molecule has 0 bridgehead atoms. The van der Waals surface area contributed by atoms with Gasteiger partial charge in [-0.15, -0.1) is 0 Å². The lowest BCUT2D eigenvalue weighted by Gasteiger charge is -2.32. The molecular formula is C30H36N2O2. The van der Waals surface area contributed by atoms with Gasteiger partial charge in [-0.25, -0.2) is 0 Å². The standard InChI is InChI=1S/C30H36N2O2/c1-21(2)31-30(34)28(18-25-11-7-6-8-12-25)32(20-27-13-9-10-22(3)16-27)29(33)19-26-15-14-23(4)24(5)17-26/h6-17,21,28H,18-20H2,1-5H3,(H,31,34)/t28-/m1/s1. The van der Waals surface area contributed by atoms with E-state index in [4.69, 9.17) is 0 Å². The lowest BCUT2D eigenvalue weighted by Crippen LogP contribution is -2.52. The Labute approximate surface area is 204 Å². The third kappa shape index (κ3) is 7.05. The molecule has 0 aliphatic heterocycles. The van der Waals surface area contributed by atoms with Gasteiger partial charge in [-0.2, -0.15) is 0 Å². The number of benzene rings is 3. The van der Waals surface area contributed by atoms with Crippen molar-refractivity contribution in [1.82, 2.24) is 10.2 Å². The third-order valence-electron chi connectivity index (χ3n) is 6.06. The Balaban J connectivity index is 1.98. The Hall–Kier alpha value is -3.40. The van der Waals surface area contributed by atoms with E-state index in [0.29, 0.717) is 13.0 Å². The number of nitrogens with zero attached hydrogens (tertiary/aromatic N) is 1. The van der Waals surface area contributed by atoms with Crippen molar-refractivity contribution in [3.8, 4) is 0 Å². The largest absolute Gasteiger partial charge is 0.352 e. The van der Waals surface area contributed by atoms with E-state index in [-0.39, 0.29) is 24.3 Å². The predicted octanol–water partition coefficient (Wildman–Crippen LogP) is 5.32. The quantitative estimate of drug-likeness (QED) is 0.474. The molecule has 0 unspecified atom stereocenters. The van der Waals surface area contributed by atoms with Crippen molar-refractivity contribution in [2.24, 2.45) is 0 Å². The number of nitrogens with one attached hydrogen (secondary N) is 1. The van der Waals surface area contributed by atoms with E-state index < -0.39 is 6.04 Å². The Morgan fingerprint density at radius 2 is 1.50 bits per heavy atom. The number of carbonyl (C=O) groups excluding carboxylic acids is 2. The number of amides is 2. The molecule has 4 heteroatoms. The van der Waals surface area contributed by atoms with Gasteiger partial charge in [0.1, 0.15) is 6.04 Å². The van der Waals surface area contributed by atoms with Crippen LogP contribution in [0.15, 0.2) is 72.8 Å². The van der Waals surface area contributed by atoms with E-state index in [1.165, 1.54) is 5.56 Å². The van der Waals surface area contributed by atoms with Crippen LogP contribution in [0.3, 0.4) is 0 Å². The van der Waals surface area contributed by atoms with Crippen molar-refractivity contribution in [3.05, 3.63) is 106 Å². The van der Waals surface area contributed by atoms with Crippen LogP contribution in [-0.2, 0) is 29.0 Å². The highest BCUT2D eigenvalue weighted by Gasteiger charge is 2.30. The lowest BCUT2D eigenvalue weighted by molar-refractivity contribution is -0.141. The van der Waals surface area contributed by atoms with Crippen molar-refractivity contribution in [3.63, 3.8) is 0 Å². The van der Waals surface area contributed by atoms with E-state index in [9.17, 15) is 9.59 Å². The summed E-state index contributed by atoms with van der Waals surface area (Å²) < 4.78 is 0. The zero-order valence-corrected chi connectivity index (χ0v) is 21.0. The minimum Gasteiger partial charge on any atom is -0.352 e. The molecule has 0 spiro atoms. The average molecular weight is 457 g/mol. The van der Waals surface area contributed by atoms with Gasteiger partial charge in [0.25, 0.3) is 0 Å². The lowest BCUT2D eigenvalue weighted by atomic mass is 10.00. The van der Waals surface area contributed by atoms with Gasteiger partial charge in [-0.1, -0.05) is 78.4 Å². The number of aryl methyl sites for hydroxylation is 3. The molecule has 4 nitrogen and oxygen atoms in total. The first-order valence-electron chi connectivity index (χ1n) is 12.0. The van der Waals surface area contributed by atoms with Crippen molar-refractivity contribution in [1.29, 1.82) is 0 Å². The van der Waals surface area contributed by atoms with Crippen LogP contribution in [0.5, 0.6) is 0 Å². The normalized spacial score (nSPS) is 11.8. The second kappa shape index (κ2) is 11.6. The van der Waals surface area contributed by atoms with Crippen LogP contribution in [0.4, 0.5) is 0 Å². The molecule has 0 radical (unpaired) electrons. The molecule has 0 aliphatic carbocycles. The molecule has 0 saturated carbocycles. The third-order valence-corrected chi connectivity index (χ3v) is 6.06.